The molecule has 0 unspecified atom stereocenters. The summed E-state index contributed by atoms with van der Waals surface area (Å²) in [6.07, 6.45) is 9.81. The molecule has 8 heteroatoms. The third-order valence-corrected chi connectivity index (χ3v) is 9.87. The third kappa shape index (κ3) is 6.39. The molecule has 0 spiro atoms. The molecule has 1 N–H and O–H groups in total. The SMILES string of the molecule is CSc1ccc(S(=O)(=O)N2CCC(C(=O)NCCSC3CCCCC3)CC2)cc1. The summed E-state index contributed by atoms with van der Waals surface area (Å²) >= 11 is 3.57. The fourth-order valence-corrected chi connectivity index (χ4v) is 7.13. The monoisotopic (exact) mass is 456 g/mol. The summed E-state index contributed by atoms with van der Waals surface area (Å²) in [5, 5.41) is 3.82. The number of carbonyl (C=O) groups is 1. The smallest absolute Gasteiger partial charge is 0.243 e. The first-order valence-corrected chi connectivity index (χ1v) is 14.3. The number of rotatable bonds is 8. The van der Waals surface area contributed by atoms with Crippen molar-refractivity contribution in [3.63, 3.8) is 0 Å². The van der Waals surface area contributed by atoms with E-state index in [2.05, 4.69) is 5.32 Å². The molecule has 1 aromatic carbocycles. The maximum atomic E-state index is 12.8. The predicted octanol–water partition coefficient (Wildman–Crippen LogP) is 3.99. The zero-order valence-electron chi connectivity index (χ0n) is 17.1. The van der Waals surface area contributed by atoms with E-state index < -0.39 is 10.0 Å². The summed E-state index contributed by atoms with van der Waals surface area (Å²) in [5.74, 6) is 0.964. The van der Waals surface area contributed by atoms with Crippen LogP contribution in [0.4, 0.5) is 0 Å². The van der Waals surface area contributed by atoms with Crippen LogP contribution in [0.2, 0.25) is 0 Å². The highest BCUT2D eigenvalue weighted by Gasteiger charge is 2.32. The molecule has 1 saturated carbocycles. The molecule has 0 atom stereocenters. The van der Waals surface area contributed by atoms with Gasteiger partial charge in [-0.25, -0.2) is 8.42 Å². The number of thioether (sulfide) groups is 2. The summed E-state index contributed by atoms with van der Waals surface area (Å²) in [6.45, 7) is 1.52. The van der Waals surface area contributed by atoms with Crippen molar-refractivity contribution in [3.05, 3.63) is 24.3 Å². The average molecular weight is 457 g/mol. The normalized spacial score (nSPS) is 19.9. The van der Waals surface area contributed by atoms with Crippen LogP contribution in [0.5, 0.6) is 0 Å². The number of amides is 1. The second-order valence-corrected chi connectivity index (χ2v) is 12.0. The number of hydrogen-bond donors (Lipinski definition) is 1. The van der Waals surface area contributed by atoms with Crippen LogP contribution in [0.25, 0.3) is 0 Å². The Hall–Kier alpha value is -0.700. The number of hydrogen-bond acceptors (Lipinski definition) is 5. The number of sulfonamides is 1. The van der Waals surface area contributed by atoms with E-state index in [4.69, 9.17) is 0 Å². The van der Waals surface area contributed by atoms with Gasteiger partial charge in [0.1, 0.15) is 0 Å². The van der Waals surface area contributed by atoms with Gasteiger partial charge >= 0.3 is 0 Å². The largest absolute Gasteiger partial charge is 0.355 e. The molecular weight excluding hydrogens is 424 g/mol. The fraction of sp³-hybridized carbons (Fsp3) is 0.667. The minimum absolute atomic E-state index is 0.0793. The van der Waals surface area contributed by atoms with Crippen molar-refractivity contribution in [2.24, 2.45) is 5.92 Å². The third-order valence-electron chi connectivity index (χ3n) is 5.83. The van der Waals surface area contributed by atoms with Gasteiger partial charge in [0.25, 0.3) is 0 Å². The van der Waals surface area contributed by atoms with Crippen LogP contribution in [-0.4, -0.2) is 55.5 Å². The molecule has 29 heavy (non-hydrogen) atoms. The van der Waals surface area contributed by atoms with E-state index >= 15 is 0 Å². The molecule has 0 radical (unpaired) electrons. The lowest BCUT2D eigenvalue weighted by atomic mass is 9.97. The highest BCUT2D eigenvalue weighted by molar-refractivity contribution is 7.99. The molecule has 1 aliphatic carbocycles. The predicted molar refractivity (Wildman–Crippen MR) is 122 cm³/mol. The molecule has 2 aliphatic rings. The highest BCUT2D eigenvalue weighted by atomic mass is 32.2. The van der Waals surface area contributed by atoms with E-state index in [0.717, 1.165) is 15.9 Å². The van der Waals surface area contributed by atoms with Crippen LogP contribution < -0.4 is 5.32 Å². The molecule has 1 aromatic rings. The molecule has 0 aromatic heterocycles. The Bertz CT molecular complexity index is 754. The second kappa shape index (κ2) is 11.1. The van der Waals surface area contributed by atoms with Crippen molar-refractivity contribution in [3.8, 4) is 0 Å². The Morgan fingerprint density at radius 2 is 1.72 bits per heavy atom. The average Bonchev–Trinajstić information content (AvgIpc) is 2.77. The van der Waals surface area contributed by atoms with Crippen LogP contribution >= 0.6 is 23.5 Å². The van der Waals surface area contributed by atoms with Crippen molar-refractivity contribution in [2.45, 2.75) is 60.0 Å². The van der Waals surface area contributed by atoms with E-state index in [0.29, 0.717) is 37.4 Å². The van der Waals surface area contributed by atoms with Crippen LogP contribution in [0.15, 0.2) is 34.1 Å². The van der Waals surface area contributed by atoms with Crippen LogP contribution in [-0.2, 0) is 14.8 Å². The molecule has 162 valence electrons. The quantitative estimate of drug-likeness (QED) is 0.473. The Labute approximate surface area is 183 Å². The van der Waals surface area contributed by atoms with Gasteiger partial charge in [0.05, 0.1) is 4.90 Å². The van der Waals surface area contributed by atoms with E-state index in [-0.39, 0.29) is 11.8 Å². The first-order valence-electron chi connectivity index (χ1n) is 10.5. The first kappa shape index (κ1) is 23.0. The van der Waals surface area contributed by atoms with Gasteiger partial charge in [-0.05, 0) is 56.2 Å². The van der Waals surface area contributed by atoms with Gasteiger partial charge in [-0.15, -0.1) is 11.8 Å². The van der Waals surface area contributed by atoms with E-state index in [9.17, 15) is 13.2 Å². The first-order chi connectivity index (χ1) is 14.0. The number of nitrogens with zero attached hydrogens (tertiary/aromatic N) is 1. The van der Waals surface area contributed by atoms with Crippen molar-refractivity contribution in [2.75, 3.05) is 31.6 Å². The molecule has 1 heterocycles. The Kier molecular flexibility index (Phi) is 8.77. The lowest BCUT2D eigenvalue weighted by molar-refractivity contribution is -0.125. The highest BCUT2D eigenvalue weighted by Crippen LogP contribution is 2.28. The summed E-state index contributed by atoms with van der Waals surface area (Å²) in [5.41, 5.74) is 0. The van der Waals surface area contributed by atoms with Crippen LogP contribution in [0.3, 0.4) is 0 Å². The van der Waals surface area contributed by atoms with Gasteiger partial charge in [0.2, 0.25) is 15.9 Å². The lowest BCUT2D eigenvalue weighted by Crippen LogP contribution is -2.43. The van der Waals surface area contributed by atoms with Gasteiger partial charge in [-0.2, -0.15) is 16.1 Å². The van der Waals surface area contributed by atoms with Crippen molar-refractivity contribution in [1.29, 1.82) is 0 Å². The number of nitrogens with one attached hydrogen (secondary N) is 1. The van der Waals surface area contributed by atoms with E-state index in [1.165, 1.54) is 36.4 Å². The Morgan fingerprint density at radius 1 is 1.07 bits per heavy atom. The zero-order chi connectivity index (χ0) is 20.7. The summed E-state index contributed by atoms with van der Waals surface area (Å²) in [4.78, 5) is 13.8. The minimum atomic E-state index is -3.48. The van der Waals surface area contributed by atoms with E-state index in [1.54, 1.807) is 23.9 Å². The second-order valence-electron chi connectivity index (χ2n) is 7.78. The number of piperidine rings is 1. The lowest BCUT2D eigenvalue weighted by Gasteiger charge is -2.30. The molecule has 2 fully saturated rings. The topological polar surface area (TPSA) is 66.5 Å². The summed E-state index contributed by atoms with van der Waals surface area (Å²) in [7, 11) is -3.48. The Morgan fingerprint density at radius 3 is 2.34 bits per heavy atom. The van der Waals surface area contributed by atoms with Gasteiger partial charge in [0, 0.05) is 41.5 Å². The number of benzene rings is 1. The summed E-state index contributed by atoms with van der Waals surface area (Å²) < 4.78 is 27.2. The molecule has 1 saturated heterocycles. The minimum Gasteiger partial charge on any atom is -0.355 e. The standard InChI is InChI=1S/C21H32N2O3S3/c1-27-18-7-9-20(10-8-18)29(25,26)23-14-11-17(12-15-23)21(24)22-13-16-28-19-5-3-2-4-6-19/h7-10,17,19H,2-6,11-16H2,1H3,(H,22,24). The molecule has 0 bridgehead atoms. The van der Waals surface area contributed by atoms with Gasteiger partial charge in [-0.3, -0.25) is 4.79 Å². The zero-order valence-corrected chi connectivity index (χ0v) is 19.6. The van der Waals surface area contributed by atoms with Crippen molar-refractivity contribution >= 4 is 39.5 Å². The fourth-order valence-electron chi connectivity index (χ4n) is 4.03. The molecule has 1 aliphatic heterocycles. The van der Waals surface area contributed by atoms with Gasteiger partial charge in [-0.1, -0.05) is 19.3 Å². The Balaban J connectivity index is 1.41. The van der Waals surface area contributed by atoms with Gasteiger partial charge in [0.15, 0.2) is 0 Å². The maximum absolute atomic E-state index is 12.8. The summed E-state index contributed by atoms with van der Waals surface area (Å²) in [6, 6.07) is 7.01. The van der Waals surface area contributed by atoms with Gasteiger partial charge < -0.3 is 5.32 Å². The number of carbonyl (C=O) groups excluding carboxylic acids is 1. The molecule has 5 nitrogen and oxygen atoms in total. The van der Waals surface area contributed by atoms with Crippen molar-refractivity contribution < 1.29 is 13.2 Å². The van der Waals surface area contributed by atoms with E-state index in [1.807, 2.05) is 30.2 Å². The van der Waals surface area contributed by atoms with Crippen molar-refractivity contribution in [1.82, 2.24) is 9.62 Å². The molecule has 1 amide bonds. The molecule has 3 rings (SSSR count). The van der Waals surface area contributed by atoms with Crippen LogP contribution in [0, 0.1) is 5.92 Å². The maximum Gasteiger partial charge on any atom is 0.243 e. The van der Waals surface area contributed by atoms with Crippen LogP contribution in [0.1, 0.15) is 44.9 Å². The molecular formula is C21H32N2O3S3.